The van der Waals surface area contributed by atoms with Gasteiger partial charge in [0, 0.05) is 13.0 Å². The third-order valence-electron chi connectivity index (χ3n) is 1.90. The van der Waals surface area contributed by atoms with Crippen molar-refractivity contribution in [3.63, 3.8) is 0 Å². The van der Waals surface area contributed by atoms with E-state index in [1.54, 1.807) is 6.20 Å². The van der Waals surface area contributed by atoms with Crippen LogP contribution in [0.5, 0.6) is 0 Å². The van der Waals surface area contributed by atoms with Gasteiger partial charge in [0.15, 0.2) is 17.0 Å². The molecule has 1 aliphatic heterocycles. The van der Waals surface area contributed by atoms with Gasteiger partial charge in [0.25, 0.3) is 0 Å². The Labute approximate surface area is 84.0 Å². The highest BCUT2D eigenvalue weighted by atomic mass is 79.9. The molecule has 0 amide bonds. The smallest absolute Gasteiger partial charge is 0.232 e. The fourth-order valence-electron chi connectivity index (χ4n) is 1.34. The molecule has 1 unspecified atom stereocenters. The zero-order valence-electron chi connectivity index (χ0n) is 6.46. The summed E-state index contributed by atoms with van der Waals surface area (Å²) in [7, 11) is 0. The van der Waals surface area contributed by atoms with Gasteiger partial charge in [-0.05, 0) is 0 Å². The van der Waals surface area contributed by atoms with Crippen LogP contribution in [0, 0.1) is 0 Å². The molecule has 0 saturated carbocycles. The van der Waals surface area contributed by atoms with Gasteiger partial charge < -0.3 is 0 Å². The molecule has 0 spiro atoms. The first-order chi connectivity index (χ1) is 5.70. The third kappa shape index (κ3) is 1.08. The summed E-state index contributed by atoms with van der Waals surface area (Å²) in [5, 5.41) is 0.562. The monoisotopic (exact) mass is 245 g/mol. The molecule has 0 radical (unpaired) electrons. The second-order valence-corrected chi connectivity index (χ2v) is 4.03. The molecule has 2 heterocycles. The topological polar surface area (TPSA) is 16.8 Å². The lowest BCUT2D eigenvalue weighted by Gasteiger charge is -1.97. The number of alkyl halides is 1. The van der Waals surface area contributed by atoms with Crippen LogP contribution in [0.25, 0.3) is 5.70 Å². The summed E-state index contributed by atoms with van der Waals surface area (Å²) in [4.78, 5) is 4.21. The molecule has 1 aromatic rings. The van der Waals surface area contributed by atoms with E-state index in [2.05, 4.69) is 27.0 Å². The Kier molecular flexibility index (Phi) is 1.93. The zero-order chi connectivity index (χ0) is 8.72. The van der Waals surface area contributed by atoms with E-state index >= 15 is 0 Å². The van der Waals surface area contributed by atoms with E-state index in [4.69, 9.17) is 11.6 Å². The summed E-state index contributed by atoms with van der Waals surface area (Å²) in [6.45, 7) is 2.04. The maximum Gasteiger partial charge on any atom is 0.242 e. The van der Waals surface area contributed by atoms with Crippen molar-refractivity contribution in [3.8, 4) is 0 Å². The van der Waals surface area contributed by atoms with E-state index in [1.807, 2.05) is 17.7 Å². The minimum Gasteiger partial charge on any atom is -0.232 e. The maximum absolute atomic E-state index is 5.93. The van der Waals surface area contributed by atoms with Crippen molar-refractivity contribution in [2.45, 2.75) is 11.8 Å². The van der Waals surface area contributed by atoms with Crippen molar-refractivity contribution in [2.24, 2.45) is 0 Å². The Morgan fingerprint density at radius 2 is 2.42 bits per heavy atom. The molecule has 62 valence electrons. The Balaban J connectivity index is 2.67. The van der Waals surface area contributed by atoms with Gasteiger partial charge in [-0.1, -0.05) is 27.5 Å². The highest BCUT2D eigenvalue weighted by molar-refractivity contribution is 9.09. The van der Waals surface area contributed by atoms with Crippen molar-refractivity contribution >= 4 is 33.2 Å². The summed E-state index contributed by atoms with van der Waals surface area (Å²) in [5.74, 6) is 0. The lowest BCUT2D eigenvalue weighted by atomic mass is 10.3. The van der Waals surface area contributed by atoms with Crippen LogP contribution in [0.1, 0.15) is 17.4 Å². The highest BCUT2D eigenvalue weighted by Crippen LogP contribution is 2.31. The molecule has 2 nitrogen and oxygen atoms in total. The molecule has 12 heavy (non-hydrogen) atoms. The summed E-state index contributed by atoms with van der Waals surface area (Å²) in [6.07, 6.45) is 5.71. The van der Waals surface area contributed by atoms with E-state index in [9.17, 15) is 0 Å². The molecule has 0 aliphatic carbocycles. The van der Waals surface area contributed by atoms with Gasteiger partial charge in [-0.25, -0.2) is 4.98 Å². The fourth-order valence-corrected chi connectivity index (χ4v) is 2.55. The van der Waals surface area contributed by atoms with Crippen LogP contribution < -0.4 is 4.57 Å². The van der Waals surface area contributed by atoms with Gasteiger partial charge in [-0.2, -0.15) is 4.57 Å². The Hall–Kier alpha value is -0.410. The number of fused-ring (bicyclic) bond motifs is 1. The zero-order valence-corrected chi connectivity index (χ0v) is 8.80. The Bertz CT molecular complexity index is 362. The normalized spacial score (nSPS) is 20.6. The summed E-state index contributed by atoms with van der Waals surface area (Å²) in [6, 6.07) is 0. The number of allylic oxidation sites excluding steroid dienone is 2. The van der Waals surface area contributed by atoms with Crippen LogP contribution in [-0.2, 0) is 0 Å². The summed E-state index contributed by atoms with van der Waals surface area (Å²) >= 11 is 9.44. The van der Waals surface area contributed by atoms with E-state index in [0.717, 1.165) is 5.69 Å². The number of hydrogen-bond donors (Lipinski definition) is 0. The van der Waals surface area contributed by atoms with Crippen LogP contribution in [0.15, 0.2) is 18.5 Å². The van der Waals surface area contributed by atoms with Crippen molar-refractivity contribution in [3.05, 3.63) is 29.3 Å². The molecule has 2 rings (SSSR count). The van der Waals surface area contributed by atoms with E-state index in [0.29, 0.717) is 5.15 Å². The molecule has 0 saturated heterocycles. The summed E-state index contributed by atoms with van der Waals surface area (Å²) < 4.78 is 2.04. The average molecular weight is 247 g/mol. The number of hydrogen-bond acceptors (Lipinski definition) is 1. The second-order valence-electron chi connectivity index (χ2n) is 2.68. The molecule has 1 aromatic heterocycles. The lowest BCUT2D eigenvalue weighted by molar-refractivity contribution is -0.585. The maximum atomic E-state index is 5.93. The minimum absolute atomic E-state index is 0.193. The van der Waals surface area contributed by atoms with E-state index < -0.39 is 0 Å². The number of halogens is 2. The molecular weight excluding hydrogens is 239 g/mol. The molecule has 0 fully saturated rings. The predicted octanol–water partition coefficient (Wildman–Crippen LogP) is 2.33. The number of rotatable bonds is 0. The van der Waals surface area contributed by atoms with E-state index in [-0.39, 0.29) is 4.83 Å². The van der Waals surface area contributed by atoms with Crippen LogP contribution in [-0.4, -0.2) is 4.98 Å². The third-order valence-corrected chi connectivity index (χ3v) is 2.89. The van der Waals surface area contributed by atoms with Gasteiger partial charge in [-0.3, -0.25) is 0 Å². The van der Waals surface area contributed by atoms with Crippen molar-refractivity contribution < 1.29 is 4.57 Å². The molecule has 0 N–H and O–H groups in total. The molecule has 1 aliphatic rings. The SMILES string of the molecule is CC1=CC(Br)c2c(Cl)ncc[n+]21. The molecule has 4 heteroatoms. The van der Waals surface area contributed by atoms with Crippen LogP contribution in [0.3, 0.4) is 0 Å². The van der Waals surface area contributed by atoms with E-state index in [1.165, 1.54) is 5.70 Å². The highest BCUT2D eigenvalue weighted by Gasteiger charge is 2.30. The number of nitrogens with zero attached hydrogens (tertiary/aromatic N) is 2. The van der Waals surface area contributed by atoms with Crippen molar-refractivity contribution in [1.82, 2.24) is 4.98 Å². The predicted molar refractivity (Wildman–Crippen MR) is 51.1 cm³/mol. The second kappa shape index (κ2) is 2.82. The first kappa shape index (κ1) is 8.20. The van der Waals surface area contributed by atoms with Gasteiger partial charge in [0.05, 0.1) is 6.20 Å². The van der Waals surface area contributed by atoms with Crippen LogP contribution >= 0.6 is 27.5 Å². The number of aromatic nitrogens is 2. The first-order valence-corrected chi connectivity index (χ1v) is 4.88. The van der Waals surface area contributed by atoms with Crippen molar-refractivity contribution in [2.75, 3.05) is 0 Å². The van der Waals surface area contributed by atoms with Crippen molar-refractivity contribution in [1.29, 1.82) is 0 Å². The Morgan fingerprint density at radius 3 is 3.08 bits per heavy atom. The fraction of sp³-hybridized carbons (Fsp3) is 0.250. The summed E-state index contributed by atoms with van der Waals surface area (Å²) in [5.41, 5.74) is 2.19. The largest absolute Gasteiger partial charge is 0.242 e. The average Bonchev–Trinajstić information content (AvgIpc) is 2.29. The molecule has 1 atom stereocenters. The molecule has 0 aromatic carbocycles. The van der Waals surface area contributed by atoms with Gasteiger partial charge in [0.2, 0.25) is 5.69 Å². The first-order valence-electron chi connectivity index (χ1n) is 3.59. The lowest BCUT2D eigenvalue weighted by Crippen LogP contribution is -2.32. The molecular formula is C8H7BrClN2+. The van der Waals surface area contributed by atoms with Crippen LogP contribution in [0.4, 0.5) is 0 Å². The van der Waals surface area contributed by atoms with Gasteiger partial charge in [0.1, 0.15) is 4.83 Å². The van der Waals surface area contributed by atoms with Gasteiger partial charge in [-0.15, -0.1) is 0 Å². The van der Waals surface area contributed by atoms with Crippen LogP contribution in [0.2, 0.25) is 5.15 Å². The standard InChI is InChI=1S/C8H7BrClN2/c1-5-4-6(9)7-8(10)11-2-3-12(5)7/h2-4,6H,1H3/q+1. The molecule has 0 bridgehead atoms. The quantitative estimate of drug-likeness (QED) is 0.507. The Morgan fingerprint density at radius 1 is 1.67 bits per heavy atom. The minimum atomic E-state index is 0.193. The van der Waals surface area contributed by atoms with Gasteiger partial charge >= 0.3 is 0 Å².